The first kappa shape index (κ1) is 17.2. The lowest BCUT2D eigenvalue weighted by Crippen LogP contribution is -2.43. The van der Waals surface area contributed by atoms with Crippen LogP contribution < -0.4 is 5.32 Å². The summed E-state index contributed by atoms with van der Waals surface area (Å²) in [6.45, 7) is 0.119. The zero-order valence-corrected chi connectivity index (χ0v) is 13.5. The van der Waals surface area contributed by atoms with Crippen LogP contribution in [0.2, 0.25) is 5.02 Å². The highest BCUT2D eigenvalue weighted by molar-refractivity contribution is 6.30. The highest BCUT2D eigenvalue weighted by Gasteiger charge is 2.53. The van der Waals surface area contributed by atoms with Gasteiger partial charge in [-0.05, 0) is 18.9 Å². The third-order valence-electron chi connectivity index (χ3n) is 4.71. The summed E-state index contributed by atoms with van der Waals surface area (Å²) in [7, 11) is 0. The van der Waals surface area contributed by atoms with Gasteiger partial charge in [0.05, 0.1) is 17.2 Å². The smallest absolute Gasteiger partial charge is 0.268 e. The van der Waals surface area contributed by atoms with Crippen molar-refractivity contribution in [2.24, 2.45) is 5.41 Å². The maximum absolute atomic E-state index is 12.9. The molecule has 2 atom stereocenters. The van der Waals surface area contributed by atoms with Crippen LogP contribution in [0.5, 0.6) is 0 Å². The molecule has 1 aromatic heterocycles. The fourth-order valence-corrected chi connectivity index (χ4v) is 3.09. The Balaban J connectivity index is 1.56. The normalized spacial score (nSPS) is 25.1. The van der Waals surface area contributed by atoms with Crippen molar-refractivity contribution < 1.29 is 23.5 Å². The Hall–Kier alpha value is -1.67. The molecular formula is C15H18ClF2N3O3. The number of alkyl halides is 2. The van der Waals surface area contributed by atoms with Crippen LogP contribution in [0.1, 0.15) is 29.8 Å². The molecule has 0 spiro atoms. The number of H-pyrrole nitrogens is 1. The second-order valence-corrected chi connectivity index (χ2v) is 6.95. The minimum absolute atomic E-state index is 0.0224. The van der Waals surface area contributed by atoms with Crippen LogP contribution >= 0.6 is 11.6 Å². The van der Waals surface area contributed by atoms with Crippen LogP contribution in [-0.4, -0.2) is 58.5 Å². The molecule has 2 amide bonds. The Morgan fingerprint density at radius 1 is 1.46 bits per heavy atom. The van der Waals surface area contributed by atoms with Gasteiger partial charge in [-0.3, -0.25) is 9.59 Å². The number of hydrogen-bond acceptors (Lipinski definition) is 3. The topological polar surface area (TPSA) is 85.4 Å². The molecule has 6 nitrogen and oxygen atoms in total. The summed E-state index contributed by atoms with van der Waals surface area (Å²) in [4.78, 5) is 28.3. The maximum atomic E-state index is 12.9. The summed E-state index contributed by atoms with van der Waals surface area (Å²) < 4.78 is 25.9. The zero-order chi connectivity index (χ0) is 17.5. The number of aliphatic hydroxyl groups excluding tert-OH is 1. The van der Waals surface area contributed by atoms with Crippen LogP contribution in [0.4, 0.5) is 8.78 Å². The van der Waals surface area contributed by atoms with E-state index in [1.807, 2.05) is 0 Å². The van der Waals surface area contributed by atoms with Crippen LogP contribution in [0, 0.1) is 5.41 Å². The Kier molecular flexibility index (Phi) is 4.52. The van der Waals surface area contributed by atoms with Crippen LogP contribution in [0.3, 0.4) is 0 Å². The third-order valence-corrected chi connectivity index (χ3v) is 4.93. The van der Waals surface area contributed by atoms with Crippen molar-refractivity contribution in [2.75, 3.05) is 13.1 Å². The molecule has 0 bridgehead atoms. The fraction of sp³-hybridized carbons (Fsp3) is 0.600. The van der Waals surface area contributed by atoms with Gasteiger partial charge in [0.1, 0.15) is 5.69 Å². The number of carbonyl (C=O) groups excluding carboxylic acids is 2. The Bertz CT molecular complexity index is 648. The van der Waals surface area contributed by atoms with E-state index in [2.05, 4.69) is 10.3 Å². The van der Waals surface area contributed by atoms with Gasteiger partial charge in [0.2, 0.25) is 12.3 Å². The summed E-state index contributed by atoms with van der Waals surface area (Å²) in [6, 6.07) is 0.797. The molecule has 132 valence electrons. The molecule has 0 unspecified atom stereocenters. The van der Waals surface area contributed by atoms with E-state index in [9.17, 15) is 23.5 Å². The van der Waals surface area contributed by atoms with Gasteiger partial charge < -0.3 is 20.3 Å². The number of nitrogens with one attached hydrogen (secondary N) is 2. The molecule has 1 aliphatic heterocycles. The molecule has 3 rings (SSSR count). The SMILES string of the molecule is O=C(N[C@@H]1CN(C(=O)CC2(C(F)F)CC2)C[C@H]1O)c1cc(Cl)c[nH]1. The van der Waals surface area contributed by atoms with Crippen molar-refractivity contribution in [1.29, 1.82) is 0 Å². The number of hydrogen-bond donors (Lipinski definition) is 3. The first-order chi connectivity index (χ1) is 11.3. The molecule has 1 aromatic rings. The van der Waals surface area contributed by atoms with Gasteiger partial charge in [-0.1, -0.05) is 11.6 Å². The lowest BCUT2D eigenvalue weighted by atomic mass is 10.0. The molecule has 0 radical (unpaired) electrons. The summed E-state index contributed by atoms with van der Waals surface area (Å²) in [5.74, 6) is -0.863. The molecule has 2 heterocycles. The zero-order valence-electron chi connectivity index (χ0n) is 12.8. The number of rotatable bonds is 5. The van der Waals surface area contributed by atoms with Gasteiger partial charge >= 0.3 is 0 Å². The summed E-state index contributed by atoms with van der Waals surface area (Å²) >= 11 is 5.73. The number of β-amino-alcohol motifs (C(OH)–C–C–N with tert-alkyl or cyclic N) is 1. The van der Waals surface area contributed by atoms with Gasteiger partial charge in [0, 0.05) is 31.1 Å². The van der Waals surface area contributed by atoms with Crippen molar-refractivity contribution in [3.8, 4) is 0 Å². The van der Waals surface area contributed by atoms with E-state index in [1.165, 1.54) is 17.2 Å². The average molecular weight is 362 g/mol. The van der Waals surface area contributed by atoms with Crippen molar-refractivity contribution in [3.63, 3.8) is 0 Å². The minimum atomic E-state index is -2.51. The van der Waals surface area contributed by atoms with Gasteiger partial charge in [0.15, 0.2) is 0 Å². The minimum Gasteiger partial charge on any atom is -0.389 e. The van der Waals surface area contributed by atoms with Gasteiger partial charge in [-0.25, -0.2) is 8.78 Å². The molecule has 9 heteroatoms. The average Bonchev–Trinajstić information content (AvgIpc) is 3.02. The van der Waals surface area contributed by atoms with Gasteiger partial charge in [-0.15, -0.1) is 0 Å². The maximum Gasteiger partial charge on any atom is 0.268 e. The Labute approximate surface area is 142 Å². The van der Waals surface area contributed by atoms with Gasteiger partial charge in [0.25, 0.3) is 5.91 Å². The third kappa shape index (κ3) is 3.39. The fourth-order valence-electron chi connectivity index (χ4n) is 2.92. The Morgan fingerprint density at radius 3 is 2.71 bits per heavy atom. The molecule has 1 saturated carbocycles. The number of aromatic nitrogens is 1. The quantitative estimate of drug-likeness (QED) is 0.741. The van der Waals surface area contributed by atoms with Crippen LogP contribution in [0.25, 0.3) is 0 Å². The first-order valence-corrected chi connectivity index (χ1v) is 8.07. The number of likely N-dealkylation sites (tertiary alicyclic amines) is 1. The Morgan fingerprint density at radius 2 is 2.17 bits per heavy atom. The van der Waals surface area contributed by atoms with E-state index >= 15 is 0 Å². The van der Waals surface area contributed by atoms with Gasteiger partial charge in [-0.2, -0.15) is 0 Å². The van der Waals surface area contributed by atoms with E-state index in [1.54, 1.807) is 0 Å². The lowest BCUT2D eigenvalue weighted by Gasteiger charge is -2.20. The standard InChI is InChI=1S/C15H18ClF2N3O3/c16-8-3-9(19-5-8)13(24)20-10-6-21(7-11(10)22)12(23)4-15(1-2-15)14(17)18/h3,5,10-11,14,19,22H,1-2,4,6-7H2,(H,20,24)/t10-,11-/m1/s1. The molecule has 2 fully saturated rings. The monoisotopic (exact) mass is 361 g/mol. The second kappa shape index (κ2) is 6.33. The highest BCUT2D eigenvalue weighted by atomic mass is 35.5. The number of nitrogens with zero attached hydrogens (tertiary/aromatic N) is 1. The summed E-state index contributed by atoms with van der Waals surface area (Å²) in [5.41, 5.74) is -0.948. The van der Waals surface area contributed by atoms with Crippen LogP contribution in [-0.2, 0) is 4.79 Å². The molecule has 24 heavy (non-hydrogen) atoms. The first-order valence-electron chi connectivity index (χ1n) is 7.69. The van der Waals surface area contributed by atoms with E-state index in [0.29, 0.717) is 17.9 Å². The predicted octanol–water partition coefficient (Wildman–Crippen LogP) is 1.40. The highest BCUT2D eigenvalue weighted by Crippen LogP contribution is 2.53. The van der Waals surface area contributed by atoms with E-state index in [0.717, 1.165) is 0 Å². The molecular weight excluding hydrogens is 344 g/mol. The number of aromatic amines is 1. The summed E-state index contributed by atoms with van der Waals surface area (Å²) in [6.07, 6.45) is -1.52. The summed E-state index contributed by atoms with van der Waals surface area (Å²) in [5, 5.41) is 13.0. The van der Waals surface area contributed by atoms with Crippen molar-refractivity contribution in [1.82, 2.24) is 15.2 Å². The van der Waals surface area contributed by atoms with Crippen molar-refractivity contribution in [2.45, 2.75) is 37.8 Å². The van der Waals surface area contributed by atoms with E-state index in [4.69, 9.17) is 11.6 Å². The number of carbonyl (C=O) groups is 2. The number of aliphatic hydroxyl groups is 1. The largest absolute Gasteiger partial charge is 0.389 e. The molecule has 1 saturated heterocycles. The molecule has 3 N–H and O–H groups in total. The number of amides is 2. The second-order valence-electron chi connectivity index (χ2n) is 6.52. The molecule has 1 aliphatic carbocycles. The molecule has 2 aliphatic rings. The van der Waals surface area contributed by atoms with E-state index < -0.39 is 35.8 Å². The lowest BCUT2D eigenvalue weighted by molar-refractivity contribution is -0.133. The van der Waals surface area contributed by atoms with Crippen molar-refractivity contribution in [3.05, 3.63) is 23.0 Å². The van der Waals surface area contributed by atoms with Crippen molar-refractivity contribution >= 4 is 23.4 Å². The molecule has 0 aromatic carbocycles. The van der Waals surface area contributed by atoms with Crippen LogP contribution in [0.15, 0.2) is 12.3 Å². The predicted molar refractivity (Wildman–Crippen MR) is 81.9 cm³/mol. The van der Waals surface area contributed by atoms with E-state index in [-0.39, 0.29) is 25.2 Å². The number of halogens is 3.